The number of aromatic nitrogens is 2. The number of hydrogen-bond acceptors (Lipinski definition) is 3. The molecule has 0 amide bonds. The SMILES string of the molecule is COCc1nc2c([nH]1)CCCC2C(=O)O. The summed E-state index contributed by atoms with van der Waals surface area (Å²) in [5.41, 5.74) is 1.65. The van der Waals surface area contributed by atoms with Crippen LogP contribution in [0.1, 0.15) is 36.0 Å². The van der Waals surface area contributed by atoms with Crippen LogP contribution in [0.15, 0.2) is 0 Å². The largest absolute Gasteiger partial charge is 0.481 e. The normalized spacial score (nSPS) is 19.9. The van der Waals surface area contributed by atoms with E-state index in [9.17, 15) is 4.79 Å². The van der Waals surface area contributed by atoms with Crippen LogP contribution in [0.5, 0.6) is 0 Å². The van der Waals surface area contributed by atoms with Gasteiger partial charge in [0.1, 0.15) is 18.3 Å². The summed E-state index contributed by atoms with van der Waals surface area (Å²) >= 11 is 0. The minimum Gasteiger partial charge on any atom is -0.481 e. The molecule has 82 valence electrons. The predicted octanol–water partition coefficient (Wildman–Crippen LogP) is 1.06. The summed E-state index contributed by atoms with van der Waals surface area (Å²) in [6.07, 6.45) is 2.47. The number of carbonyl (C=O) groups is 1. The molecule has 1 unspecified atom stereocenters. The Morgan fingerprint density at radius 1 is 1.73 bits per heavy atom. The highest BCUT2D eigenvalue weighted by Gasteiger charge is 2.29. The van der Waals surface area contributed by atoms with Crippen molar-refractivity contribution in [3.8, 4) is 0 Å². The molecule has 15 heavy (non-hydrogen) atoms. The summed E-state index contributed by atoms with van der Waals surface area (Å²) in [4.78, 5) is 18.4. The minimum absolute atomic E-state index is 0.402. The van der Waals surface area contributed by atoms with E-state index in [-0.39, 0.29) is 0 Å². The number of ether oxygens (including phenoxy) is 1. The van der Waals surface area contributed by atoms with Crippen LogP contribution in [0.2, 0.25) is 0 Å². The van der Waals surface area contributed by atoms with Gasteiger partial charge in [-0.1, -0.05) is 0 Å². The Balaban J connectivity index is 2.30. The van der Waals surface area contributed by atoms with Gasteiger partial charge in [0.15, 0.2) is 0 Å². The van der Waals surface area contributed by atoms with Crippen molar-refractivity contribution in [3.63, 3.8) is 0 Å². The number of imidazole rings is 1. The predicted molar refractivity (Wildman–Crippen MR) is 52.6 cm³/mol. The molecule has 1 aliphatic carbocycles. The molecule has 0 radical (unpaired) electrons. The van der Waals surface area contributed by atoms with Gasteiger partial charge in [-0.3, -0.25) is 4.79 Å². The van der Waals surface area contributed by atoms with Crippen LogP contribution in [0.3, 0.4) is 0 Å². The van der Waals surface area contributed by atoms with E-state index in [1.165, 1.54) is 0 Å². The summed E-state index contributed by atoms with van der Waals surface area (Å²) in [6, 6.07) is 0. The number of methoxy groups -OCH3 is 1. The van der Waals surface area contributed by atoms with E-state index in [4.69, 9.17) is 9.84 Å². The summed E-state index contributed by atoms with van der Waals surface area (Å²) in [6.45, 7) is 0.402. The van der Waals surface area contributed by atoms with Crippen molar-refractivity contribution in [1.29, 1.82) is 0 Å². The molecule has 0 aliphatic heterocycles. The van der Waals surface area contributed by atoms with Gasteiger partial charge in [0.2, 0.25) is 0 Å². The van der Waals surface area contributed by atoms with Crippen molar-refractivity contribution in [2.24, 2.45) is 0 Å². The highest BCUT2D eigenvalue weighted by molar-refractivity contribution is 5.76. The van der Waals surface area contributed by atoms with Crippen LogP contribution in [-0.2, 0) is 22.6 Å². The number of aliphatic carboxylic acids is 1. The van der Waals surface area contributed by atoms with Crippen LogP contribution in [-0.4, -0.2) is 28.2 Å². The van der Waals surface area contributed by atoms with Crippen LogP contribution in [0, 0.1) is 0 Å². The maximum absolute atomic E-state index is 11.0. The van der Waals surface area contributed by atoms with Crippen LogP contribution in [0.25, 0.3) is 0 Å². The first-order chi connectivity index (χ1) is 7.22. The number of hydrogen-bond donors (Lipinski definition) is 2. The lowest BCUT2D eigenvalue weighted by Crippen LogP contribution is -2.17. The van der Waals surface area contributed by atoms with Gasteiger partial charge in [-0.15, -0.1) is 0 Å². The Hall–Kier alpha value is -1.36. The third-order valence-electron chi connectivity index (χ3n) is 2.69. The fourth-order valence-corrected chi connectivity index (χ4v) is 2.02. The second-order valence-electron chi connectivity index (χ2n) is 3.76. The smallest absolute Gasteiger partial charge is 0.312 e. The lowest BCUT2D eigenvalue weighted by molar-refractivity contribution is -0.139. The zero-order valence-corrected chi connectivity index (χ0v) is 8.62. The van der Waals surface area contributed by atoms with Gasteiger partial charge in [-0.2, -0.15) is 0 Å². The lowest BCUT2D eigenvalue weighted by atomic mass is 9.90. The van der Waals surface area contributed by atoms with Gasteiger partial charge in [-0.05, 0) is 19.3 Å². The number of carboxylic acid groups (broad SMARTS) is 1. The Kier molecular flexibility index (Phi) is 2.73. The molecule has 1 aromatic rings. The molecule has 2 rings (SSSR count). The third kappa shape index (κ3) is 1.87. The molecule has 0 aromatic carbocycles. The first kappa shape index (κ1) is 10.2. The van der Waals surface area contributed by atoms with E-state index in [1.807, 2.05) is 0 Å². The van der Waals surface area contributed by atoms with E-state index in [0.717, 1.165) is 24.4 Å². The molecule has 2 N–H and O–H groups in total. The summed E-state index contributed by atoms with van der Waals surface area (Å²) in [5.74, 6) is -0.516. The van der Waals surface area contributed by atoms with Gasteiger partial charge in [0, 0.05) is 12.8 Å². The molecule has 1 aliphatic rings. The second kappa shape index (κ2) is 4.02. The number of aryl methyl sites for hydroxylation is 1. The van der Waals surface area contributed by atoms with Gasteiger partial charge in [0.05, 0.1) is 5.69 Å². The maximum Gasteiger partial charge on any atom is 0.312 e. The van der Waals surface area contributed by atoms with Crippen molar-refractivity contribution in [1.82, 2.24) is 9.97 Å². The number of nitrogens with one attached hydrogen (secondary N) is 1. The number of H-pyrrole nitrogens is 1. The first-order valence-electron chi connectivity index (χ1n) is 5.01. The Morgan fingerprint density at radius 2 is 2.53 bits per heavy atom. The summed E-state index contributed by atoms with van der Waals surface area (Å²) in [7, 11) is 1.59. The standard InChI is InChI=1S/C10H14N2O3/c1-15-5-8-11-7-4-2-3-6(10(13)14)9(7)12-8/h6H,2-5H2,1H3,(H,11,12)(H,13,14). The quantitative estimate of drug-likeness (QED) is 0.782. The average Bonchev–Trinajstić information content (AvgIpc) is 2.59. The number of rotatable bonds is 3. The van der Waals surface area contributed by atoms with Gasteiger partial charge < -0.3 is 14.8 Å². The number of carboxylic acids is 1. The Labute approximate surface area is 87.5 Å². The summed E-state index contributed by atoms with van der Waals surface area (Å²) < 4.78 is 4.96. The highest BCUT2D eigenvalue weighted by atomic mass is 16.5. The fourth-order valence-electron chi connectivity index (χ4n) is 2.02. The maximum atomic E-state index is 11.0. The fraction of sp³-hybridized carbons (Fsp3) is 0.600. The van der Waals surface area contributed by atoms with Crippen LogP contribution in [0.4, 0.5) is 0 Å². The third-order valence-corrected chi connectivity index (χ3v) is 2.69. The van der Waals surface area contributed by atoms with Crippen molar-refractivity contribution in [2.75, 3.05) is 7.11 Å². The van der Waals surface area contributed by atoms with Gasteiger partial charge in [-0.25, -0.2) is 4.98 Å². The minimum atomic E-state index is -0.786. The molecule has 0 bridgehead atoms. The molecular formula is C10H14N2O3. The van der Waals surface area contributed by atoms with E-state index in [2.05, 4.69) is 9.97 Å². The average molecular weight is 210 g/mol. The monoisotopic (exact) mass is 210 g/mol. The van der Waals surface area contributed by atoms with E-state index in [0.29, 0.717) is 18.7 Å². The summed E-state index contributed by atoms with van der Waals surface area (Å²) in [5, 5.41) is 9.04. The lowest BCUT2D eigenvalue weighted by Gasteiger charge is -2.16. The van der Waals surface area contributed by atoms with Crippen molar-refractivity contribution < 1.29 is 14.6 Å². The van der Waals surface area contributed by atoms with Crippen LogP contribution < -0.4 is 0 Å². The number of nitrogens with zero attached hydrogens (tertiary/aromatic N) is 1. The Bertz CT molecular complexity index is 373. The van der Waals surface area contributed by atoms with E-state index >= 15 is 0 Å². The molecular weight excluding hydrogens is 196 g/mol. The van der Waals surface area contributed by atoms with Crippen molar-refractivity contribution in [3.05, 3.63) is 17.2 Å². The topological polar surface area (TPSA) is 75.2 Å². The number of fused-ring (bicyclic) bond motifs is 1. The zero-order valence-electron chi connectivity index (χ0n) is 8.62. The first-order valence-corrected chi connectivity index (χ1v) is 5.01. The molecule has 0 saturated heterocycles. The van der Waals surface area contributed by atoms with Crippen LogP contribution >= 0.6 is 0 Å². The molecule has 0 spiro atoms. The molecule has 5 nitrogen and oxygen atoms in total. The molecule has 0 fully saturated rings. The second-order valence-corrected chi connectivity index (χ2v) is 3.76. The van der Waals surface area contributed by atoms with Gasteiger partial charge in [0.25, 0.3) is 0 Å². The van der Waals surface area contributed by atoms with Crippen molar-refractivity contribution in [2.45, 2.75) is 31.8 Å². The molecule has 1 heterocycles. The zero-order chi connectivity index (χ0) is 10.8. The molecule has 1 aromatic heterocycles. The molecule has 5 heteroatoms. The Morgan fingerprint density at radius 3 is 3.20 bits per heavy atom. The molecule has 1 atom stereocenters. The number of aromatic amines is 1. The van der Waals surface area contributed by atoms with Crippen molar-refractivity contribution >= 4 is 5.97 Å². The van der Waals surface area contributed by atoms with E-state index in [1.54, 1.807) is 7.11 Å². The van der Waals surface area contributed by atoms with Gasteiger partial charge >= 0.3 is 5.97 Å². The molecule has 0 saturated carbocycles. The van der Waals surface area contributed by atoms with E-state index < -0.39 is 11.9 Å². The highest BCUT2D eigenvalue weighted by Crippen LogP contribution is 2.30.